The molecule has 4 aliphatic heterocycles. The average Bonchev–Trinajstić information content (AvgIpc) is 3.52. The highest BCUT2D eigenvalue weighted by Crippen LogP contribution is 2.37. The van der Waals surface area contributed by atoms with Gasteiger partial charge in [-0.25, -0.2) is 4.68 Å². The van der Waals surface area contributed by atoms with Gasteiger partial charge in [-0.05, 0) is 93.2 Å². The topological polar surface area (TPSA) is 57.6 Å². The van der Waals surface area contributed by atoms with Crippen LogP contribution in [0.2, 0.25) is 0 Å². The Morgan fingerprint density at radius 3 is 2.79 bits per heavy atom. The van der Waals surface area contributed by atoms with Crippen LogP contribution in [0.4, 0.5) is 5.69 Å². The molecule has 0 radical (unpaired) electrons. The molecule has 33 heavy (non-hydrogen) atoms. The first-order valence-corrected chi connectivity index (χ1v) is 12.7. The Labute approximate surface area is 202 Å². The lowest BCUT2D eigenvalue weighted by Crippen LogP contribution is -2.59. The quantitative estimate of drug-likeness (QED) is 0.578. The number of nitrogens with one attached hydrogen (secondary N) is 2. The van der Waals surface area contributed by atoms with Crippen molar-refractivity contribution >= 4 is 23.0 Å². The van der Waals surface area contributed by atoms with E-state index in [1.807, 2.05) is 48.3 Å². The molecular weight excluding hydrogens is 432 g/mol. The van der Waals surface area contributed by atoms with E-state index in [2.05, 4.69) is 25.5 Å². The lowest BCUT2D eigenvalue weighted by Gasteiger charge is -2.51. The first-order chi connectivity index (χ1) is 16.2. The molecule has 6 rings (SSSR count). The predicted octanol–water partition coefficient (Wildman–Crippen LogP) is 2.98. The second-order valence-electron chi connectivity index (χ2n) is 9.77. The minimum absolute atomic E-state index is 0.579. The van der Waals surface area contributed by atoms with Crippen molar-refractivity contribution in [3.05, 3.63) is 42.7 Å². The average molecular weight is 469 g/mol. The van der Waals surface area contributed by atoms with Crippen LogP contribution in [0.3, 0.4) is 0 Å². The zero-order valence-electron chi connectivity index (χ0n) is 19.5. The summed E-state index contributed by atoms with van der Waals surface area (Å²) in [7, 11) is 1.83. The van der Waals surface area contributed by atoms with Crippen LogP contribution in [0.1, 0.15) is 25.7 Å². The van der Waals surface area contributed by atoms with Gasteiger partial charge in [-0.2, -0.15) is 5.10 Å². The second-order valence-corrected chi connectivity index (χ2v) is 10.2. The lowest BCUT2D eigenvalue weighted by atomic mass is 9.75. The number of methoxy groups -OCH3 is 1. The summed E-state index contributed by atoms with van der Waals surface area (Å²) in [6.45, 7) is 6.72. The molecule has 1 aromatic carbocycles. The molecule has 2 bridgehead atoms. The Bertz CT molecular complexity index is 904. The Hall–Kier alpha value is -2.00. The van der Waals surface area contributed by atoms with Crippen LogP contribution in [0.15, 0.2) is 42.7 Å². The summed E-state index contributed by atoms with van der Waals surface area (Å²) >= 11 is 5.58. The number of benzene rings is 1. The molecule has 0 amide bonds. The number of rotatable bonds is 8. The first-order valence-electron chi connectivity index (χ1n) is 12.3. The summed E-state index contributed by atoms with van der Waals surface area (Å²) < 4.78 is 7.31. The summed E-state index contributed by atoms with van der Waals surface area (Å²) in [5, 5.41) is 11.8. The molecule has 5 atom stereocenters. The van der Waals surface area contributed by atoms with Gasteiger partial charge in [-0.3, -0.25) is 9.80 Å². The first kappa shape index (κ1) is 22.8. The molecule has 4 aliphatic rings. The van der Waals surface area contributed by atoms with Crippen molar-refractivity contribution in [2.45, 2.75) is 37.8 Å². The maximum Gasteiger partial charge on any atom is 0.170 e. The fourth-order valence-corrected chi connectivity index (χ4v) is 6.19. The third kappa shape index (κ3) is 5.40. The molecule has 4 fully saturated rings. The highest BCUT2D eigenvalue weighted by molar-refractivity contribution is 7.80. The number of nitrogens with zero attached hydrogens (tertiary/aromatic N) is 4. The Morgan fingerprint density at radius 1 is 1.18 bits per heavy atom. The van der Waals surface area contributed by atoms with Gasteiger partial charge in [0, 0.05) is 56.9 Å². The largest absolute Gasteiger partial charge is 0.383 e. The lowest BCUT2D eigenvalue weighted by molar-refractivity contribution is -0.0158. The van der Waals surface area contributed by atoms with Crippen LogP contribution in [-0.4, -0.2) is 83.2 Å². The van der Waals surface area contributed by atoms with Crippen molar-refractivity contribution in [3.8, 4) is 5.69 Å². The molecule has 5 heterocycles. The SMILES string of the molecule is COCC1CCCN1CC1CN2CCC1CC2CNC(=S)Nc1ccc(-n2cccn2)cc1. The minimum Gasteiger partial charge on any atom is -0.383 e. The molecule has 0 spiro atoms. The van der Waals surface area contributed by atoms with Gasteiger partial charge in [0.1, 0.15) is 0 Å². The van der Waals surface area contributed by atoms with Crippen molar-refractivity contribution in [2.24, 2.45) is 11.8 Å². The molecule has 2 N–H and O–H groups in total. The minimum atomic E-state index is 0.579. The summed E-state index contributed by atoms with van der Waals surface area (Å²) in [6, 6.07) is 11.3. The number of anilines is 1. The standard InChI is InChI=1S/C25H36N6OS/c1-32-18-23-4-2-11-29(23)16-20-17-30-13-9-19(20)14-24(30)15-26-25(33)28-21-5-7-22(8-6-21)31-12-3-10-27-31/h3,5-8,10,12,19-20,23-24H,2,4,9,11,13-18H2,1H3,(H2,26,28,33). The Morgan fingerprint density at radius 2 is 2.06 bits per heavy atom. The summed E-state index contributed by atoms with van der Waals surface area (Å²) in [5.74, 6) is 1.63. The van der Waals surface area contributed by atoms with Crippen LogP contribution >= 0.6 is 12.2 Å². The highest BCUT2D eigenvalue weighted by atomic mass is 32.1. The van der Waals surface area contributed by atoms with E-state index in [9.17, 15) is 0 Å². The number of hydrogen-bond acceptors (Lipinski definition) is 5. The Kier molecular flexibility index (Phi) is 7.25. The molecule has 2 aromatic rings. The van der Waals surface area contributed by atoms with Gasteiger partial charge in [0.15, 0.2) is 5.11 Å². The van der Waals surface area contributed by atoms with Crippen LogP contribution in [-0.2, 0) is 4.74 Å². The second kappa shape index (κ2) is 10.5. The van der Waals surface area contributed by atoms with Gasteiger partial charge in [0.05, 0.1) is 12.3 Å². The molecule has 0 aliphatic carbocycles. The van der Waals surface area contributed by atoms with E-state index in [1.54, 1.807) is 6.20 Å². The van der Waals surface area contributed by atoms with Crippen LogP contribution < -0.4 is 10.6 Å². The van der Waals surface area contributed by atoms with E-state index in [0.29, 0.717) is 17.2 Å². The Balaban J connectivity index is 1.08. The van der Waals surface area contributed by atoms with Crippen molar-refractivity contribution in [2.75, 3.05) is 51.8 Å². The third-order valence-corrected chi connectivity index (χ3v) is 7.98. The molecule has 5 unspecified atom stereocenters. The van der Waals surface area contributed by atoms with Gasteiger partial charge in [0.25, 0.3) is 0 Å². The van der Waals surface area contributed by atoms with E-state index < -0.39 is 0 Å². The van der Waals surface area contributed by atoms with Crippen LogP contribution in [0.5, 0.6) is 0 Å². The maximum absolute atomic E-state index is 5.58. The number of ether oxygens (including phenoxy) is 1. The number of thiocarbonyl (C=S) groups is 1. The smallest absolute Gasteiger partial charge is 0.170 e. The normalized spacial score (nSPS) is 29.3. The number of fused-ring (bicyclic) bond motifs is 3. The summed E-state index contributed by atoms with van der Waals surface area (Å²) in [4.78, 5) is 5.39. The van der Waals surface area contributed by atoms with E-state index in [0.717, 1.165) is 36.4 Å². The molecule has 178 valence electrons. The third-order valence-electron chi connectivity index (χ3n) is 7.73. The molecule has 1 aromatic heterocycles. The van der Waals surface area contributed by atoms with E-state index >= 15 is 0 Å². The van der Waals surface area contributed by atoms with Gasteiger partial charge in [-0.15, -0.1) is 0 Å². The zero-order chi connectivity index (χ0) is 22.6. The van der Waals surface area contributed by atoms with E-state index in [1.165, 1.54) is 51.9 Å². The van der Waals surface area contributed by atoms with Crippen LogP contribution in [0.25, 0.3) is 5.69 Å². The van der Waals surface area contributed by atoms with Crippen LogP contribution in [0, 0.1) is 11.8 Å². The highest BCUT2D eigenvalue weighted by Gasteiger charge is 2.41. The number of aromatic nitrogens is 2. The van der Waals surface area contributed by atoms with Crippen molar-refractivity contribution in [1.82, 2.24) is 24.9 Å². The van der Waals surface area contributed by atoms with Crippen molar-refractivity contribution < 1.29 is 4.74 Å². The molecular formula is C25H36N6OS. The zero-order valence-corrected chi connectivity index (χ0v) is 20.3. The van der Waals surface area contributed by atoms with Gasteiger partial charge in [-0.1, -0.05) is 0 Å². The molecule has 7 nitrogen and oxygen atoms in total. The van der Waals surface area contributed by atoms with Crippen molar-refractivity contribution in [3.63, 3.8) is 0 Å². The van der Waals surface area contributed by atoms with Gasteiger partial charge in [0.2, 0.25) is 0 Å². The summed E-state index contributed by atoms with van der Waals surface area (Å²) in [6.07, 6.45) is 8.95. The fourth-order valence-electron chi connectivity index (χ4n) is 5.99. The van der Waals surface area contributed by atoms with Gasteiger partial charge >= 0.3 is 0 Å². The number of hydrogen-bond donors (Lipinski definition) is 2. The monoisotopic (exact) mass is 468 g/mol. The molecule has 0 saturated carbocycles. The molecule has 8 heteroatoms. The van der Waals surface area contributed by atoms with Crippen molar-refractivity contribution in [1.29, 1.82) is 0 Å². The van der Waals surface area contributed by atoms with Gasteiger partial charge < -0.3 is 15.4 Å². The number of likely N-dealkylation sites (tertiary alicyclic amines) is 1. The predicted molar refractivity (Wildman–Crippen MR) is 136 cm³/mol. The van der Waals surface area contributed by atoms with E-state index in [-0.39, 0.29) is 0 Å². The fraction of sp³-hybridized carbons (Fsp3) is 0.600. The van der Waals surface area contributed by atoms with E-state index in [4.69, 9.17) is 17.0 Å². The summed E-state index contributed by atoms with van der Waals surface area (Å²) in [5.41, 5.74) is 2.03. The maximum atomic E-state index is 5.58. The molecule has 4 saturated heterocycles. The number of piperidine rings is 3.